The Morgan fingerprint density at radius 3 is 2.47 bits per heavy atom. The average Bonchev–Trinajstić information content (AvgIpc) is 2.74. The van der Waals surface area contributed by atoms with Crippen LogP contribution in [0.5, 0.6) is 5.75 Å². The van der Waals surface area contributed by atoms with Crippen LogP contribution in [-0.2, 0) is 14.8 Å². The van der Waals surface area contributed by atoms with Crippen molar-refractivity contribution in [3.8, 4) is 5.75 Å². The maximum absolute atomic E-state index is 13.1. The summed E-state index contributed by atoms with van der Waals surface area (Å²) in [4.78, 5) is 24.0. The van der Waals surface area contributed by atoms with Crippen LogP contribution in [0.3, 0.4) is 0 Å². The zero-order valence-electron chi connectivity index (χ0n) is 16.9. The van der Waals surface area contributed by atoms with Gasteiger partial charge in [0.15, 0.2) is 0 Å². The number of amides is 2. The van der Waals surface area contributed by atoms with Crippen molar-refractivity contribution in [2.24, 2.45) is 11.7 Å². The van der Waals surface area contributed by atoms with E-state index in [1.165, 1.54) is 29.6 Å². The second kappa shape index (κ2) is 8.85. The highest BCUT2D eigenvalue weighted by atomic mass is 32.2. The summed E-state index contributed by atoms with van der Waals surface area (Å²) in [6, 6.07) is 11.0. The minimum Gasteiger partial charge on any atom is -0.496 e. The van der Waals surface area contributed by atoms with Crippen LogP contribution in [0.1, 0.15) is 28.8 Å². The topological polar surface area (TPSA) is 119 Å². The molecule has 0 saturated carbocycles. The Bertz CT molecular complexity index is 1050. The molecule has 0 unspecified atom stereocenters. The first-order valence-electron chi connectivity index (χ1n) is 9.58. The number of primary amides is 1. The molecule has 0 aromatic heterocycles. The van der Waals surface area contributed by atoms with Gasteiger partial charge in [-0.1, -0.05) is 0 Å². The molecule has 1 atom stereocenters. The lowest BCUT2D eigenvalue weighted by Gasteiger charge is -2.31. The molecule has 2 aromatic rings. The highest BCUT2D eigenvalue weighted by Crippen LogP contribution is 2.27. The summed E-state index contributed by atoms with van der Waals surface area (Å²) in [5.74, 6) is -0.654. The molecule has 30 heavy (non-hydrogen) atoms. The Morgan fingerprint density at radius 2 is 1.87 bits per heavy atom. The molecule has 1 aliphatic heterocycles. The van der Waals surface area contributed by atoms with E-state index < -0.39 is 21.8 Å². The molecule has 0 radical (unpaired) electrons. The number of methoxy groups -OCH3 is 1. The van der Waals surface area contributed by atoms with E-state index in [0.29, 0.717) is 36.4 Å². The number of carbonyl (C=O) groups is 2. The van der Waals surface area contributed by atoms with Gasteiger partial charge < -0.3 is 15.8 Å². The van der Waals surface area contributed by atoms with Gasteiger partial charge in [0, 0.05) is 24.3 Å². The van der Waals surface area contributed by atoms with Gasteiger partial charge in [-0.05, 0) is 67.8 Å². The van der Waals surface area contributed by atoms with Crippen LogP contribution in [0.2, 0.25) is 0 Å². The first-order valence-corrected chi connectivity index (χ1v) is 11.0. The van der Waals surface area contributed by atoms with E-state index >= 15 is 0 Å². The number of carbonyl (C=O) groups excluding carboxylic acids is 2. The minimum absolute atomic E-state index is 0.110. The van der Waals surface area contributed by atoms with E-state index in [2.05, 4.69) is 5.32 Å². The Balaban J connectivity index is 1.71. The fourth-order valence-corrected chi connectivity index (χ4v) is 5.11. The zero-order chi connectivity index (χ0) is 21.9. The smallest absolute Gasteiger partial charge is 0.248 e. The van der Waals surface area contributed by atoms with Crippen LogP contribution in [-0.4, -0.2) is 44.7 Å². The number of benzene rings is 2. The molecule has 160 valence electrons. The van der Waals surface area contributed by atoms with Gasteiger partial charge in [-0.3, -0.25) is 9.59 Å². The molecular weight excluding hydrogens is 406 g/mol. The normalized spacial score (nSPS) is 17.3. The Morgan fingerprint density at radius 1 is 1.17 bits per heavy atom. The van der Waals surface area contributed by atoms with E-state index in [0.717, 1.165) is 5.56 Å². The molecule has 1 fully saturated rings. The summed E-state index contributed by atoms with van der Waals surface area (Å²) in [6.07, 6.45) is 1.19. The van der Waals surface area contributed by atoms with Crippen molar-refractivity contribution < 1.29 is 22.7 Å². The monoisotopic (exact) mass is 431 g/mol. The summed E-state index contributed by atoms with van der Waals surface area (Å²) < 4.78 is 32.7. The number of nitrogens with one attached hydrogen (secondary N) is 1. The Kier molecular flexibility index (Phi) is 6.42. The molecule has 0 aliphatic carbocycles. The number of ether oxygens (including phenoxy) is 1. The van der Waals surface area contributed by atoms with Gasteiger partial charge in [0.2, 0.25) is 21.8 Å². The number of nitrogens with zero attached hydrogens (tertiary/aromatic N) is 1. The van der Waals surface area contributed by atoms with Gasteiger partial charge in [0.05, 0.1) is 17.9 Å². The molecule has 1 aliphatic rings. The molecule has 8 nitrogen and oxygen atoms in total. The van der Waals surface area contributed by atoms with E-state index in [1.54, 1.807) is 31.2 Å². The minimum atomic E-state index is -3.72. The van der Waals surface area contributed by atoms with Crippen molar-refractivity contribution in [3.05, 3.63) is 53.6 Å². The largest absolute Gasteiger partial charge is 0.496 e. The second-order valence-corrected chi connectivity index (χ2v) is 9.20. The SMILES string of the molecule is COc1ccc(S(=O)(=O)N2CCC[C@H](C(=O)Nc3ccc(C(N)=O)cc3)C2)cc1C. The molecule has 0 bridgehead atoms. The highest BCUT2D eigenvalue weighted by molar-refractivity contribution is 7.89. The summed E-state index contributed by atoms with van der Waals surface area (Å²) in [5.41, 5.74) is 6.81. The predicted octanol–water partition coefficient (Wildman–Crippen LogP) is 2.14. The number of aryl methyl sites for hydroxylation is 1. The molecule has 1 saturated heterocycles. The van der Waals surface area contributed by atoms with Crippen LogP contribution < -0.4 is 15.8 Å². The van der Waals surface area contributed by atoms with Gasteiger partial charge in [-0.15, -0.1) is 0 Å². The molecular formula is C21H25N3O5S. The van der Waals surface area contributed by atoms with Gasteiger partial charge in [-0.25, -0.2) is 8.42 Å². The Hall–Kier alpha value is -2.91. The summed E-state index contributed by atoms with van der Waals surface area (Å²) in [7, 11) is -2.18. The van der Waals surface area contributed by atoms with E-state index in [4.69, 9.17) is 10.5 Å². The molecule has 3 rings (SSSR count). The number of nitrogens with two attached hydrogens (primary N) is 1. The van der Waals surface area contributed by atoms with Crippen molar-refractivity contribution in [3.63, 3.8) is 0 Å². The summed E-state index contributed by atoms with van der Waals surface area (Å²) in [5, 5.41) is 2.78. The second-order valence-electron chi connectivity index (χ2n) is 7.26. The number of rotatable bonds is 6. The maximum atomic E-state index is 13.1. The van der Waals surface area contributed by atoms with Crippen LogP contribution in [0.15, 0.2) is 47.4 Å². The Labute approximate surface area is 176 Å². The van der Waals surface area contributed by atoms with Crippen molar-refractivity contribution in [1.82, 2.24) is 4.31 Å². The van der Waals surface area contributed by atoms with Crippen LogP contribution in [0.4, 0.5) is 5.69 Å². The van der Waals surface area contributed by atoms with Crippen molar-refractivity contribution in [2.75, 3.05) is 25.5 Å². The molecule has 3 N–H and O–H groups in total. The third-order valence-electron chi connectivity index (χ3n) is 5.20. The molecule has 1 heterocycles. The first kappa shape index (κ1) is 21.8. The van der Waals surface area contributed by atoms with Crippen LogP contribution in [0, 0.1) is 12.8 Å². The van der Waals surface area contributed by atoms with Crippen LogP contribution >= 0.6 is 0 Å². The van der Waals surface area contributed by atoms with E-state index in [-0.39, 0.29) is 17.3 Å². The predicted molar refractivity (Wildman–Crippen MR) is 113 cm³/mol. The number of sulfonamides is 1. The lowest BCUT2D eigenvalue weighted by molar-refractivity contribution is -0.120. The van der Waals surface area contributed by atoms with E-state index in [1.807, 2.05) is 0 Å². The lowest BCUT2D eigenvalue weighted by atomic mass is 9.98. The average molecular weight is 432 g/mol. The van der Waals surface area contributed by atoms with E-state index in [9.17, 15) is 18.0 Å². The van der Waals surface area contributed by atoms with Gasteiger partial charge in [-0.2, -0.15) is 4.31 Å². The molecule has 9 heteroatoms. The fraction of sp³-hybridized carbons (Fsp3) is 0.333. The van der Waals surface area contributed by atoms with Crippen molar-refractivity contribution >= 4 is 27.5 Å². The standard InChI is InChI=1S/C21H25N3O5S/c1-14-12-18(9-10-19(14)29-2)30(27,28)24-11-3-4-16(13-24)21(26)23-17-7-5-15(6-8-17)20(22)25/h5-10,12,16H,3-4,11,13H2,1-2H3,(H2,22,25)(H,23,26)/t16-/m0/s1. The maximum Gasteiger partial charge on any atom is 0.248 e. The van der Waals surface area contributed by atoms with Gasteiger partial charge in [0.25, 0.3) is 0 Å². The highest BCUT2D eigenvalue weighted by Gasteiger charge is 2.33. The fourth-order valence-electron chi connectivity index (χ4n) is 3.50. The third kappa shape index (κ3) is 4.63. The quantitative estimate of drug-likeness (QED) is 0.726. The number of hydrogen-bond acceptors (Lipinski definition) is 5. The summed E-state index contributed by atoms with van der Waals surface area (Å²) in [6.45, 7) is 2.26. The first-order chi connectivity index (χ1) is 14.2. The molecule has 0 spiro atoms. The lowest BCUT2D eigenvalue weighted by Crippen LogP contribution is -2.43. The molecule has 2 amide bonds. The van der Waals surface area contributed by atoms with Crippen LogP contribution in [0.25, 0.3) is 0 Å². The van der Waals surface area contributed by atoms with Crippen molar-refractivity contribution in [2.45, 2.75) is 24.7 Å². The number of hydrogen-bond donors (Lipinski definition) is 2. The number of anilines is 1. The summed E-state index contributed by atoms with van der Waals surface area (Å²) >= 11 is 0. The van der Waals surface area contributed by atoms with Gasteiger partial charge in [0.1, 0.15) is 5.75 Å². The van der Waals surface area contributed by atoms with Crippen molar-refractivity contribution in [1.29, 1.82) is 0 Å². The van der Waals surface area contributed by atoms with Gasteiger partial charge >= 0.3 is 0 Å². The third-order valence-corrected chi connectivity index (χ3v) is 7.06. The molecule has 2 aromatic carbocycles. The number of piperidine rings is 1. The zero-order valence-corrected chi connectivity index (χ0v) is 17.7.